The molecule has 0 spiro atoms. The smallest absolute Gasteiger partial charge is 0.117 e. The third kappa shape index (κ3) is 3.68. The van der Waals surface area contributed by atoms with Crippen molar-refractivity contribution in [1.29, 1.82) is 0 Å². The maximum absolute atomic E-state index is 10.3. The van der Waals surface area contributed by atoms with Gasteiger partial charge in [-0.15, -0.1) is 11.3 Å². The van der Waals surface area contributed by atoms with Crippen LogP contribution in [0.1, 0.15) is 53.8 Å². The van der Waals surface area contributed by atoms with Crippen LogP contribution in [0.5, 0.6) is 0 Å². The van der Waals surface area contributed by atoms with Crippen LogP contribution in [0.4, 0.5) is 0 Å². The van der Waals surface area contributed by atoms with E-state index in [4.69, 9.17) is 5.11 Å². The summed E-state index contributed by atoms with van der Waals surface area (Å²) in [5.41, 5.74) is 6.19. The first kappa shape index (κ1) is 18.2. The van der Waals surface area contributed by atoms with E-state index in [0.29, 0.717) is 0 Å². The zero-order valence-corrected chi connectivity index (χ0v) is 16.3. The van der Waals surface area contributed by atoms with Crippen LogP contribution in [-0.2, 0) is 19.3 Å². The van der Waals surface area contributed by atoms with Crippen molar-refractivity contribution in [2.75, 3.05) is 6.61 Å². The third-order valence-electron chi connectivity index (χ3n) is 5.22. The van der Waals surface area contributed by atoms with Crippen LogP contribution in [0.15, 0.2) is 24.8 Å². The number of hydrogen-bond acceptors (Lipinski definition) is 3. The molecule has 0 aliphatic heterocycles. The standard InChI is InChI=1S/C22H28O2S/c1-14-12-16(6-5-11-23)7-8-17(14)21-20(15(2)24)18-13-22(3,4)10-9-19(18)25-21/h7-8,12,23-24H,2,5-6,9-11,13H2,1,3-4H3. The molecule has 0 radical (unpaired) electrons. The Morgan fingerprint density at radius 3 is 2.72 bits per heavy atom. The fourth-order valence-electron chi connectivity index (χ4n) is 3.83. The normalized spacial score (nSPS) is 15.8. The van der Waals surface area contributed by atoms with Gasteiger partial charge in [0.25, 0.3) is 0 Å². The fourth-order valence-corrected chi connectivity index (χ4v) is 5.26. The van der Waals surface area contributed by atoms with Crippen molar-refractivity contribution in [2.45, 2.75) is 52.9 Å². The monoisotopic (exact) mass is 356 g/mol. The molecule has 0 fully saturated rings. The van der Waals surface area contributed by atoms with E-state index in [1.54, 1.807) is 0 Å². The van der Waals surface area contributed by atoms with Crippen molar-refractivity contribution in [3.63, 3.8) is 0 Å². The lowest BCUT2D eigenvalue weighted by Crippen LogP contribution is -2.21. The second-order valence-corrected chi connectivity index (χ2v) is 9.08. The zero-order chi connectivity index (χ0) is 18.2. The first-order valence-electron chi connectivity index (χ1n) is 9.06. The minimum atomic E-state index is 0.189. The third-order valence-corrected chi connectivity index (χ3v) is 6.55. The van der Waals surface area contributed by atoms with Gasteiger partial charge < -0.3 is 10.2 Å². The van der Waals surface area contributed by atoms with Crippen molar-refractivity contribution in [3.05, 3.63) is 51.9 Å². The molecule has 1 aromatic heterocycles. The van der Waals surface area contributed by atoms with Crippen LogP contribution in [0.2, 0.25) is 0 Å². The molecule has 2 nitrogen and oxygen atoms in total. The molecule has 1 heterocycles. The average molecular weight is 357 g/mol. The maximum Gasteiger partial charge on any atom is 0.117 e. The van der Waals surface area contributed by atoms with Crippen LogP contribution < -0.4 is 0 Å². The van der Waals surface area contributed by atoms with Gasteiger partial charge in [0.1, 0.15) is 5.76 Å². The molecule has 2 N–H and O–H groups in total. The summed E-state index contributed by atoms with van der Waals surface area (Å²) in [6.45, 7) is 10.8. The lowest BCUT2D eigenvalue weighted by atomic mass is 9.75. The number of thiophene rings is 1. The number of benzene rings is 1. The first-order chi connectivity index (χ1) is 11.8. The molecule has 134 valence electrons. The van der Waals surface area contributed by atoms with Crippen molar-refractivity contribution in [2.24, 2.45) is 5.41 Å². The van der Waals surface area contributed by atoms with Crippen LogP contribution in [0, 0.1) is 12.3 Å². The topological polar surface area (TPSA) is 40.5 Å². The SMILES string of the molecule is C=C(O)c1c(-c2ccc(CCCO)cc2C)sc2c1CC(C)(C)CC2. The van der Waals surface area contributed by atoms with E-state index in [9.17, 15) is 5.11 Å². The molecule has 3 rings (SSSR count). The van der Waals surface area contributed by atoms with Crippen molar-refractivity contribution in [3.8, 4) is 10.4 Å². The number of aliphatic hydroxyl groups excluding tert-OH is 2. The minimum Gasteiger partial charge on any atom is -0.508 e. The Morgan fingerprint density at radius 2 is 2.08 bits per heavy atom. The highest BCUT2D eigenvalue weighted by Crippen LogP contribution is 2.47. The Kier molecular flexibility index (Phi) is 5.08. The van der Waals surface area contributed by atoms with Gasteiger partial charge in [0.2, 0.25) is 0 Å². The van der Waals surface area contributed by atoms with Gasteiger partial charge in [-0.25, -0.2) is 0 Å². The van der Waals surface area contributed by atoms with Crippen molar-refractivity contribution < 1.29 is 10.2 Å². The highest BCUT2D eigenvalue weighted by molar-refractivity contribution is 7.16. The van der Waals surface area contributed by atoms with E-state index in [1.165, 1.54) is 33.6 Å². The van der Waals surface area contributed by atoms with E-state index >= 15 is 0 Å². The molecule has 0 atom stereocenters. The summed E-state index contributed by atoms with van der Waals surface area (Å²) in [6, 6.07) is 6.51. The molecule has 1 aliphatic carbocycles. The highest BCUT2D eigenvalue weighted by Gasteiger charge is 2.31. The molecule has 25 heavy (non-hydrogen) atoms. The predicted molar refractivity (Wildman–Crippen MR) is 107 cm³/mol. The summed E-state index contributed by atoms with van der Waals surface area (Å²) in [7, 11) is 0. The Labute approximate surface area is 154 Å². The number of hydrogen-bond donors (Lipinski definition) is 2. The molecule has 0 saturated heterocycles. The van der Waals surface area contributed by atoms with Crippen LogP contribution in [-0.4, -0.2) is 16.8 Å². The maximum atomic E-state index is 10.3. The lowest BCUT2D eigenvalue weighted by Gasteiger charge is -2.30. The summed E-state index contributed by atoms with van der Waals surface area (Å²) in [4.78, 5) is 2.56. The molecule has 0 unspecified atom stereocenters. The predicted octanol–water partition coefficient (Wildman–Crippen LogP) is 5.69. The van der Waals surface area contributed by atoms with E-state index in [0.717, 1.165) is 36.1 Å². The zero-order valence-electron chi connectivity index (χ0n) is 15.5. The summed E-state index contributed by atoms with van der Waals surface area (Å²) in [5, 5.41) is 19.4. The van der Waals surface area contributed by atoms with Crippen LogP contribution >= 0.6 is 11.3 Å². The second-order valence-electron chi connectivity index (χ2n) is 7.97. The summed E-state index contributed by atoms with van der Waals surface area (Å²) in [5.74, 6) is 0.189. The van der Waals surface area contributed by atoms with Gasteiger partial charge in [0.05, 0.1) is 0 Å². The van der Waals surface area contributed by atoms with Gasteiger partial charge in [-0.2, -0.15) is 0 Å². The van der Waals surface area contributed by atoms with Gasteiger partial charge in [0, 0.05) is 21.9 Å². The molecule has 0 amide bonds. The molecule has 1 aromatic carbocycles. The molecule has 3 heteroatoms. The Morgan fingerprint density at radius 1 is 1.32 bits per heavy atom. The Hall–Kier alpha value is -1.58. The largest absolute Gasteiger partial charge is 0.508 e. The number of fused-ring (bicyclic) bond motifs is 1. The fraction of sp³-hybridized carbons (Fsp3) is 0.455. The summed E-state index contributed by atoms with van der Waals surface area (Å²) < 4.78 is 0. The Balaban J connectivity index is 2.06. The van der Waals surface area contributed by atoms with Crippen molar-refractivity contribution >= 4 is 17.1 Å². The van der Waals surface area contributed by atoms with Gasteiger partial charge in [-0.05, 0) is 66.7 Å². The lowest BCUT2D eigenvalue weighted by molar-refractivity contribution is 0.288. The number of rotatable bonds is 5. The minimum absolute atomic E-state index is 0.189. The van der Waals surface area contributed by atoms with E-state index in [1.807, 2.05) is 11.3 Å². The summed E-state index contributed by atoms with van der Waals surface area (Å²) >= 11 is 1.82. The van der Waals surface area contributed by atoms with Crippen molar-refractivity contribution in [1.82, 2.24) is 0 Å². The number of aliphatic hydroxyl groups is 2. The highest BCUT2D eigenvalue weighted by atomic mass is 32.1. The van der Waals surface area contributed by atoms with Gasteiger partial charge >= 0.3 is 0 Å². The summed E-state index contributed by atoms with van der Waals surface area (Å²) in [6.07, 6.45) is 4.96. The van der Waals surface area contributed by atoms with Gasteiger partial charge in [0.15, 0.2) is 0 Å². The van der Waals surface area contributed by atoms with E-state index in [2.05, 4.69) is 45.5 Å². The van der Waals surface area contributed by atoms with Gasteiger partial charge in [-0.3, -0.25) is 0 Å². The molecule has 0 bridgehead atoms. The average Bonchev–Trinajstić information content (AvgIpc) is 2.90. The first-order valence-corrected chi connectivity index (χ1v) is 9.87. The van der Waals surface area contributed by atoms with Gasteiger partial charge in [-0.1, -0.05) is 38.6 Å². The Bertz CT molecular complexity index is 799. The second kappa shape index (κ2) is 6.97. The van der Waals surface area contributed by atoms with Crippen LogP contribution in [0.3, 0.4) is 0 Å². The molecule has 1 aliphatic rings. The molecular formula is C22H28O2S. The number of aryl methyl sites for hydroxylation is 3. The molecular weight excluding hydrogens is 328 g/mol. The molecule has 0 saturated carbocycles. The molecule has 2 aromatic rings. The van der Waals surface area contributed by atoms with E-state index < -0.39 is 0 Å². The van der Waals surface area contributed by atoms with Crippen LogP contribution in [0.25, 0.3) is 16.2 Å². The quantitative estimate of drug-likeness (QED) is 0.675. The van der Waals surface area contributed by atoms with E-state index in [-0.39, 0.29) is 17.8 Å².